The number of rotatable bonds is 4. The van der Waals surface area contributed by atoms with Gasteiger partial charge in [0.25, 0.3) is 0 Å². The van der Waals surface area contributed by atoms with Crippen LogP contribution in [0.5, 0.6) is 5.75 Å². The van der Waals surface area contributed by atoms with E-state index in [0.717, 1.165) is 24.2 Å². The molecule has 0 bridgehead atoms. The minimum Gasteiger partial charge on any atom is -0.496 e. The fourth-order valence-corrected chi connectivity index (χ4v) is 3.57. The van der Waals surface area contributed by atoms with Gasteiger partial charge >= 0.3 is 0 Å². The molecule has 104 valence electrons. The second kappa shape index (κ2) is 4.22. The Labute approximate surface area is 114 Å². The van der Waals surface area contributed by atoms with Crippen LogP contribution in [0.4, 0.5) is 0 Å². The lowest BCUT2D eigenvalue weighted by Gasteiger charge is -2.48. The Balaban J connectivity index is 2.15. The molecule has 2 fully saturated rings. The summed E-state index contributed by atoms with van der Waals surface area (Å²) in [5.41, 5.74) is 3.60. The zero-order chi connectivity index (χ0) is 13.7. The van der Waals surface area contributed by atoms with Crippen molar-refractivity contribution < 1.29 is 14.6 Å². The molecule has 0 amide bonds. The summed E-state index contributed by atoms with van der Waals surface area (Å²) >= 11 is 0. The highest BCUT2D eigenvalue weighted by Crippen LogP contribution is 2.63. The molecule has 0 atom stereocenters. The molecule has 1 N–H and O–H groups in total. The van der Waals surface area contributed by atoms with E-state index in [1.54, 1.807) is 7.11 Å². The minimum atomic E-state index is -0.0517. The van der Waals surface area contributed by atoms with Crippen LogP contribution in [0.2, 0.25) is 0 Å². The van der Waals surface area contributed by atoms with Crippen LogP contribution >= 0.6 is 0 Å². The van der Waals surface area contributed by atoms with Gasteiger partial charge in [0.1, 0.15) is 5.75 Å². The summed E-state index contributed by atoms with van der Waals surface area (Å²) in [4.78, 5) is 0. The molecule has 1 heterocycles. The van der Waals surface area contributed by atoms with Crippen molar-refractivity contribution in [3.8, 4) is 5.75 Å². The molecule has 0 aromatic heterocycles. The number of benzene rings is 1. The van der Waals surface area contributed by atoms with Gasteiger partial charge in [-0.05, 0) is 32.3 Å². The average molecular weight is 262 g/mol. The first kappa shape index (κ1) is 12.9. The number of hydrogen-bond acceptors (Lipinski definition) is 3. The van der Waals surface area contributed by atoms with E-state index in [0.29, 0.717) is 13.2 Å². The highest BCUT2D eigenvalue weighted by molar-refractivity contribution is 5.51. The molecule has 1 aromatic rings. The summed E-state index contributed by atoms with van der Waals surface area (Å²) in [7, 11) is 1.73. The van der Waals surface area contributed by atoms with Gasteiger partial charge < -0.3 is 14.6 Å². The predicted molar refractivity (Wildman–Crippen MR) is 73.7 cm³/mol. The van der Waals surface area contributed by atoms with Gasteiger partial charge in [-0.2, -0.15) is 0 Å². The van der Waals surface area contributed by atoms with Crippen molar-refractivity contribution in [3.63, 3.8) is 0 Å². The first-order valence-electron chi connectivity index (χ1n) is 6.93. The van der Waals surface area contributed by atoms with Crippen LogP contribution in [0.1, 0.15) is 29.5 Å². The van der Waals surface area contributed by atoms with Crippen LogP contribution in [0.25, 0.3) is 0 Å². The van der Waals surface area contributed by atoms with Crippen LogP contribution in [-0.4, -0.2) is 32.0 Å². The summed E-state index contributed by atoms with van der Waals surface area (Å²) in [6.45, 7) is 5.84. The maximum absolute atomic E-state index is 9.82. The number of hydrogen-bond donors (Lipinski definition) is 1. The molecule has 19 heavy (non-hydrogen) atoms. The zero-order valence-electron chi connectivity index (χ0n) is 12.0. The molecule has 3 nitrogen and oxygen atoms in total. The Kier molecular flexibility index (Phi) is 2.88. The molecular weight excluding hydrogens is 240 g/mol. The van der Waals surface area contributed by atoms with E-state index in [-0.39, 0.29) is 17.4 Å². The van der Waals surface area contributed by atoms with Gasteiger partial charge in [0, 0.05) is 17.6 Å². The van der Waals surface area contributed by atoms with Crippen LogP contribution in [-0.2, 0) is 10.2 Å². The molecule has 0 spiro atoms. The summed E-state index contributed by atoms with van der Waals surface area (Å²) in [5, 5.41) is 9.82. The van der Waals surface area contributed by atoms with E-state index >= 15 is 0 Å². The van der Waals surface area contributed by atoms with Gasteiger partial charge in [-0.15, -0.1) is 0 Å². The number of aliphatic hydroxyl groups is 1. The highest BCUT2D eigenvalue weighted by atomic mass is 16.5. The van der Waals surface area contributed by atoms with Crippen molar-refractivity contribution in [1.82, 2.24) is 0 Å². The van der Waals surface area contributed by atoms with E-state index < -0.39 is 0 Å². The Bertz CT molecular complexity index is 499. The van der Waals surface area contributed by atoms with Crippen LogP contribution < -0.4 is 4.74 Å². The van der Waals surface area contributed by atoms with Crippen molar-refractivity contribution in [2.24, 2.45) is 5.41 Å². The molecule has 1 aliphatic heterocycles. The van der Waals surface area contributed by atoms with Gasteiger partial charge in [0.15, 0.2) is 0 Å². The number of aryl methyl sites for hydroxylation is 2. The lowest BCUT2D eigenvalue weighted by atomic mass is 9.65. The molecule has 2 aliphatic rings. The van der Waals surface area contributed by atoms with Crippen molar-refractivity contribution >= 4 is 0 Å². The molecule has 1 saturated heterocycles. The normalized spacial score (nSPS) is 22.7. The first-order chi connectivity index (χ1) is 9.08. The van der Waals surface area contributed by atoms with Crippen LogP contribution in [0.15, 0.2) is 12.1 Å². The van der Waals surface area contributed by atoms with Gasteiger partial charge in [0.2, 0.25) is 0 Å². The third kappa shape index (κ3) is 1.65. The smallest absolute Gasteiger partial charge is 0.125 e. The topological polar surface area (TPSA) is 38.7 Å². The summed E-state index contributed by atoms with van der Waals surface area (Å²) in [5.74, 6) is 0.966. The lowest BCUT2D eigenvalue weighted by molar-refractivity contribution is -0.111. The second-order valence-electron chi connectivity index (χ2n) is 6.18. The monoisotopic (exact) mass is 262 g/mol. The number of methoxy groups -OCH3 is 1. The Morgan fingerprint density at radius 2 is 1.95 bits per heavy atom. The molecule has 0 radical (unpaired) electrons. The standard InChI is InChI=1S/C16H22O3/c1-11-6-12(2)14(18-3)13(7-11)16(9-19-10-16)15(8-17)4-5-15/h6-7,17H,4-5,8-10H2,1-3H3. The third-order valence-corrected chi connectivity index (χ3v) is 5.01. The van der Waals surface area contributed by atoms with Crippen molar-refractivity contribution in [1.29, 1.82) is 0 Å². The molecule has 1 saturated carbocycles. The third-order valence-electron chi connectivity index (χ3n) is 5.01. The molecular formula is C16H22O3. The molecule has 1 aromatic carbocycles. The number of ether oxygens (including phenoxy) is 2. The maximum Gasteiger partial charge on any atom is 0.125 e. The summed E-state index contributed by atoms with van der Waals surface area (Å²) in [6.07, 6.45) is 2.17. The van der Waals surface area contributed by atoms with Gasteiger partial charge in [-0.1, -0.05) is 17.7 Å². The van der Waals surface area contributed by atoms with E-state index in [4.69, 9.17) is 9.47 Å². The van der Waals surface area contributed by atoms with Crippen LogP contribution in [0.3, 0.4) is 0 Å². The molecule has 1 aliphatic carbocycles. The Morgan fingerprint density at radius 3 is 2.37 bits per heavy atom. The predicted octanol–water partition coefficient (Wildman–Crippen LogP) is 2.35. The maximum atomic E-state index is 9.82. The quantitative estimate of drug-likeness (QED) is 0.905. The Morgan fingerprint density at radius 1 is 1.26 bits per heavy atom. The fraction of sp³-hybridized carbons (Fsp3) is 0.625. The summed E-state index contributed by atoms with van der Waals surface area (Å²) in [6, 6.07) is 4.36. The first-order valence-corrected chi connectivity index (χ1v) is 6.93. The van der Waals surface area contributed by atoms with Gasteiger partial charge in [0.05, 0.1) is 25.7 Å². The average Bonchev–Trinajstić information content (AvgIpc) is 3.08. The molecule has 3 rings (SSSR count). The zero-order valence-corrected chi connectivity index (χ0v) is 12.0. The summed E-state index contributed by atoms with van der Waals surface area (Å²) < 4.78 is 11.2. The van der Waals surface area contributed by atoms with E-state index in [9.17, 15) is 5.11 Å². The van der Waals surface area contributed by atoms with E-state index in [2.05, 4.69) is 26.0 Å². The fourth-order valence-electron chi connectivity index (χ4n) is 3.57. The second-order valence-corrected chi connectivity index (χ2v) is 6.18. The molecule has 3 heteroatoms. The van der Waals surface area contributed by atoms with Crippen molar-refractivity contribution in [2.45, 2.75) is 32.1 Å². The Hall–Kier alpha value is -1.06. The minimum absolute atomic E-state index is 0.0127. The number of aliphatic hydroxyl groups excluding tert-OH is 1. The van der Waals surface area contributed by atoms with Gasteiger partial charge in [-0.3, -0.25) is 0 Å². The highest BCUT2D eigenvalue weighted by Gasteiger charge is 2.64. The largest absolute Gasteiger partial charge is 0.496 e. The van der Waals surface area contributed by atoms with E-state index in [1.165, 1.54) is 11.1 Å². The van der Waals surface area contributed by atoms with Crippen LogP contribution in [0, 0.1) is 19.3 Å². The SMILES string of the molecule is COc1c(C)cc(C)cc1C1(C2(CO)CC2)COC1. The van der Waals surface area contributed by atoms with Crippen molar-refractivity contribution in [2.75, 3.05) is 26.9 Å². The van der Waals surface area contributed by atoms with E-state index in [1.807, 2.05) is 0 Å². The molecule has 0 unspecified atom stereocenters. The van der Waals surface area contributed by atoms with Gasteiger partial charge in [-0.25, -0.2) is 0 Å². The lowest BCUT2D eigenvalue weighted by Crippen LogP contribution is -2.55. The van der Waals surface area contributed by atoms with Crippen molar-refractivity contribution in [3.05, 3.63) is 28.8 Å².